The highest BCUT2D eigenvalue weighted by Gasteiger charge is 2.26. The number of rotatable bonds is 6. The smallest absolute Gasteiger partial charge is 0.267 e. The number of hydroxylamine groups is 1. The van der Waals surface area contributed by atoms with Crippen LogP contribution in [0.4, 0.5) is 4.39 Å². The second-order valence-corrected chi connectivity index (χ2v) is 7.49. The van der Waals surface area contributed by atoms with Crippen molar-refractivity contribution in [2.45, 2.75) is 31.8 Å². The van der Waals surface area contributed by atoms with Gasteiger partial charge in [0.25, 0.3) is 5.91 Å². The molecule has 2 aromatic carbocycles. The molecule has 0 spiro atoms. The summed E-state index contributed by atoms with van der Waals surface area (Å²) in [7, 11) is 0. The molecule has 6 heteroatoms. The number of halogens is 1. The van der Waals surface area contributed by atoms with Gasteiger partial charge < -0.3 is 4.98 Å². The van der Waals surface area contributed by atoms with Gasteiger partial charge in [-0.05, 0) is 55.1 Å². The standard InChI is InChI=1S/C23H24FN3O2/c24-21-12-16(8-10-23(28)26-29)7-9-17(21)15-27-11-3-4-19(27)13-18-14-25-22-6-2-1-5-20(18)22/h1-2,5-10,12,14,19,25,29H,3-4,11,13,15H2,(H,26,28)/t19-/m0/s1. The maximum Gasteiger partial charge on any atom is 0.267 e. The third-order valence-electron chi connectivity index (χ3n) is 5.62. The Morgan fingerprint density at radius 3 is 2.97 bits per heavy atom. The van der Waals surface area contributed by atoms with Crippen LogP contribution < -0.4 is 5.48 Å². The van der Waals surface area contributed by atoms with Gasteiger partial charge in [-0.3, -0.25) is 14.9 Å². The van der Waals surface area contributed by atoms with Crippen molar-refractivity contribution in [2.24, 2.45) is 0 Å². The molecule has 150 valence electrons. The van der Waals surface area contributed by atoms with Crippen molar-refractivity contribution >= 4 is 22.9 Å². The van der Waals surface area contributed by atoms with Crippen LogP contribution in [-0.2, 0) is 17.8 Å². The first-order chi connectivity index (χ1) is 14.1. The molecule has 3 aromatic rings. The van der Waals surface area contributed by atoms with E-state index in [2.05, 4.69) is 34.3 Å². The maximum atomic E-state index is 14.6. The molecule has 1 aliphatic heterocycles. The lowest BCUT2D eigenvalue weighted by molar-refractivity contribution is -0.124. The third kappa shape index (κ3) is 4.39. The largest absolute Gasteiger partial charge is 0.361 e. The summed E-state index contributed by atoms with van der Waals surface area (Å²) in [5.74, 6) is -0.930. The molecule has 1 amide bonds. The van der Waals surface area contributed by atoms with E-state index in [1.54, 1.807) is 12.1 Å². The van der Waals surface area contributed by atoms with Crippen LogP contribution in [0.1, 0.15) is 29.5 Å². The van der Waals surface area contributed by atoms with E-state index >= 15 is 0 Å². The fourth-order valence-corrected chi connectivity index (χ4v) is 4.11. The summed E-state index contributed by atoms with van der Waals surface area (Å²) >= 11 is 0. The molecule has 2 heterocycles. The lowest BCUT2D eigenvalue weighted by Gasteiger charge is -2.24. The minimum Gasteiger partial charge on any atom is -0.361 e. The molecule has 0 saturated carbocycles. The molecule has 1 aliphatic rings. The van der Waals surface area contributed by atoms with Crippen molar-refractivity contribution in [1.29, 1.82) is 0 Å². The molecule has 0 radical (unpaired) electrons. The SMILES string of the molecule is O=C(C=Cc1ccc(CN2CCC[C@H]2Cc2c[nH]c3ccccc23)c(F)c1)NO. The van der Waals surface area contributed by atoms with E-state index < -0.39 is 5.91 Å². The zero-order chi connectivity index (χ0) is 20.2. The Morgan fingerprint density at radius 1 is 1.28 bits per heavy atom. The van der Waals surface area contributed by atoms with Crippen LogP contribution in [0.25, 0.3) is 17.0 Å². The Morgan fingerprint density at radius 2 is 2.14 bits per heavy atom. The Hall–Kier alpha value is -2.96. The first-order valence-electron chi connectivity index (χ1n) is 9.83. The van der Waals surface area contributed by atoms with Crippen molar-refractivity contribution in [3.63, 3.8) is 0 Å². The first-order valence-corrected chi connectivity index (χ1v) is 9.83. The van der Waals surface area contributed by atoms with E-state index in [1.165, 1.54) is 28.6 Å². The van der Waals surface area contributed by atoms with Gasteiger partial charge in [-0.15, -0.1) is 0 Å². The van der Waals surface area contributed by atoms with Gasteiger partial charge in [-0.1, -0.05) is 30.3 Å². The number of carbonyl (C=O) groups is 1. The number of benzene rings is 2. The van der Waals surface area contributed by atoms with Gasteiger partial charge in [0, 0.05) is 41.3 Å². The maximum absolute atomic E-state index is 14.6. The van der Waals surface area contributed by atoms with Crippen molar-refractivity contribution < 1.29 is 14.4 Å². The van der Waals surface area contributed by atoms with E-state index in [0.717, 1.165) is 37.4 Å². The molecular weight excluding hydrogens is 369 g/mol. The molecule has 29 heavy (non-hydrogen) atoms. The second-order valence-electron chi connectivity index (χ2n) is 7.49. The van der Waals surface area contributed by atoms with Crippen molar-refractivity contribution in [3.05, 3.63) is 77.2 Å². The van der Waals surface area contributed by atoms with Crippen LogP contribution in [0, 0.1) is 5.82 Å². The summed E-state index contributed by atoms with van der Waals surface area (Å²) in [6.45, 7) is 1.53. The zero-order valence-electron chi connectivity index (χ0n) is 16.1. The Kier molecular flexibility index (Phi) is 5.74. The molecule has 0 aliphatic carbocycles. The highest BCUT2D eigenvalue weighted by Crippen LogP contribution is 2.27. The van der Waals surface area contributed by atoms with Crippen LogP contribution in [-0.4, -0.2) is 33.6 Å². The molecule has 5 nitrogen and oxygen atoms in total. The fraction of sp³-hybridized carbons (Fsp3) is 0.261. The summed E-state index contributed by atoms with van der Waals surface area (Å²) in [5, 5.41) is 9.77. The Balaban J connectivity index is 1.45. The average Bonchev–Trinajstić information content (AvgIpc) is 3.35. The topological polar surface area (TPSA) is 68.4 Å². The predicted octanol–water partition coefficient (Wildman–Crippen LogP) is 4.03. The normalized spacial score (nSPS) is 17.4. The van der Waals surface area contributed by atoms with E-state index in [1.807, 2.05) is 6.07 Å². The van der Waals surface area contributed by atoms with Crippen LogP contribution in [0.5, 0.6) is 0 Å². The van der Waals surface area contributed by atoms with Gasteiger partial charge in [0.15, 0.2) is 0 Å². The molecule has 1 atom stereocenters. The number of hydrogen-bond acceptors (Lipinski definition) is 3. The molecule has 3 N–H and O–H groups in total. The molecule has 0 bridgehead atoms. The molecule has 4 rings (SSSR count). The number of likely N-dealkylation sites (tertiary alicyclic amines) is 1. The minimum atomic E-state index is -0.647. The summed E-state index contributed by atoms with van der Waals surface area (Å²) in [6.07, 6.45) is 7.89. The van der Waals surface area contributed by atoms with E-state index in [4.69, 9.17) is 5.21 Å². The monoisotopic (exact) mass is 393 g/mol. The lowest BCUT2D eigenvalue weighted by atomic mass is 10.0. The number of aromatic nitrogens is 1. The Labute approximate surface area is 168 Å². The van der Waals surface area contributed by atoms with Crippen LogP contribution in [0.15, 0.2) is 54.7 Å². The molecule has 1 aromatic heterocycles. The number of aromatic amines is 1. The van der Waals surface area contributed by atoms with Crippen LogP contribution >= 0.6 is 0 Å². The number of fused-ring (bicyclic) bond motifs is 1. The highest BCUT2D eigenvalue weighted by atomic mass is 19.1. The Bertz CT molecular complexity index is 1040. The molecular formula is C23H24FN3O2. The summed E-state index contributed by atoms with van der Waals surface area (Å²) in [5.41, 5.74) is 5.20. The summed E-state index contributed by atoms with van der Waals surface area (Å²) in [4.78, 5) is 16.8. The lowest BCUT2D eigenvalue weighted by Crippen LogP contribution is -2.31. The molecule has 0 unspecified atom stereocenters. The number of para-hydroxylation sites is 1. The number of nitrogens with one attached hydrogen (secondary N) is 2. The van der Waals surface area contributed by atoms with Crippen molar-refractivity contribution in [2.75, 3.05) is 6.54 Å². The predicted molar refractivity (Wildman–Crippen MR) is 111 cm³/mol. The fourth-order valence-electron chi connectivity index (χ4n) is 4.11. The van der Waals surface area contributed by atoms with Gasteiger partial charge >= 0.3 is 0 Å². The molecule has 1 saturated heterocycles. The summed E-state index contributed by atoms with van der Waals surface area (Å²) in [6, 6.07) is 13.7. The van der Waals surface area contributed by atoms with Gasteiger partial charge in [-0.25, -0.2) is 9.87 Å². The van der Waals surface area contributed by atoms with Gasteiger partial charge in [0.1, 0.15) is 5.82 Å². The third-order valence-corrected chi connectivity index (χ3v) is 5.62. The number of H-pyrrole nitrogens is 1. The van der Waals surface area contributed by atoms with Gasteiger partial charge in [0.05, 0.1) is 0 Å². The minimum absolute atomic E-state index is 0.283. The van der Waals surface area contributed by atoms with Gasteiger partial charge in [-0.2, -0.15) is 0 Å². The van der Waals surface area contributed by atoms with Crippen molar-refractivity contribution in [1.82, 2.24) is 15.4 Å². The van der Waals surface area contributed by atoms with Crippen molar-refractivity contribution in [3.8, 4) is 0 Å². The number of hydrogen-bond donors (Lipinski definition) is 3. The van der Waals surface area contributed by atoms with E-state index in [9.17, 15) is 9.18 Å². The van der Waals surface area contributed by atoms with Crippen LogP contribution in [0.2, 0.25) is 0 Å². The van der Waals surface area contributed by atoms with Crippen LogP contribution in [0.3, 0.4) is 0 Å². The van der Waals surface area contributed by atoms with Gasteiger partial charge in [0.2, 0.25) is 0 Å². The number of nitrogens with zero attached hydrogens (tertiary/aromatic N) is 1. The second kappa shape index (κ2) is 8.59. The van der Waals surface area contributed by atoms with E-state index in [0.29, 0.717) is 23.7 Å². The average molecular weight is 393 g/mol. The van der Waals surface area contributed by atoms with E-state index in [-0.39, 0.29) is 5.82 Å². The highest BCUT2D eigenvalue weighted by molar-refractivity contribution is 5.90. The number of amides is 1. The summed E-state index contributed by atoms with van der Waals surface area (Å²) < 4.78 is 14.6. The number of carbonyl (C=O) groups excluding carboxylic acids is 1. The quantitative estimate of drug-likeness (QED) is 0.336. The zero-order valence-corrected chi connectivity index (χ0v) is 16.1. The first kappa shape index (κ1) is 19.4. The molecule has 1 fully saturated rings.